The number of carbonyl (C=O) groups excluding carboxylic acids is 1. The Morgan fingerprint density at radius 3 is 2.57 bits per heavy atom. The summed E-state index contributed by atoms with van der Waals surface area (Å²) in [6.45, 7) is 4.43. The summed E-state index contributed by atoms with van der Waals surface area (Å²) in [6, 6.07) is 0. The first kappa shape index (κ1) is 11.7. The predicted octanol–water partition coefficient (Wildman–Crippen LogP) is 2.95. The Morgan fingerprint density at radius 2 is 2.00 bits per heavy atom. The molecule has 1 rings (SSSR count). The molecular weight excluding hydrogens is 176 g/mol. The molecule has 0 aromatic heterocycles. The fourth-order valence-corrected chi connectivity index (χ4v) is 1.88. The van der Waals surface area contributed by atoms with Crippen molar-refractivity contribution in [1.29, 1.82) is 0 Å². The van der Waals surface area contributed by atoms with E-state index in [1.807, 2.05) is 6.92 Å². The zero-order chi connectivity index (χ0) is 10.4. The van der Waals surface area contributed by atoms with Crippen LogP contribution in [0.3, 0.4) is 0 Å². The van der Waals surface area contributed by atoms with Gasteiger partial charge in [0.25, 0.3) is 0 Å². The van der Waals surface area contributed by atoms with E-state index >= 15 is 0 Å². The topological polar surface area (TPSA) is 26.3 Å². The van der Waals surface area contributed by atoms with E-state index in [1.54, 1.807) is 0 Å². The summed E-state index contributed by atoms with van der Waals surface area (Å²) in [5.74, 6) is 0.623. The zero-order valence-corrected chi connectivity index (χ0v) is 9.42. The van der Waals surface area contributed by atoms with Crippen LogP contribution in [-0.4, -0.2) is 18.5 Å². The number of hydrogen-bond acceptors (Lipinski definition) is 2. The molecule has 1 atom stereocenters. The predicted molar refractivity (Wildman–Crippen MR) is 57.3 cm³/mol. The van der Waals surface area contributed by atoms with Gasteiger partial charge in [0.05, 0.1) is 6.10 Å². The molecule has 14 heavy (non-hydrogen) atoms. The van der Waals surface area contributed by atoms with Crippen molar-refractivity contribution in [2.45, 2.75) is 58.5 Å². The van der Waals surface area contributed by atoms with Crippen LogP contribution in [0.2, 0.25) is 0 Å². The van der Waals surface area contributed by atoms with Crippen molar-refractivity contribution in [1.82, 2.24) is 0 Å². The molecule has 1 aliphatic rings. The summed E-state index contributed by atoms with van der Waals surface area (Å²) in [5.41, 5.74) is 0. The molecule has 0 N–H and O–H groups in total. The Kier molecular flexibility index (Phi) is 5.16. The molecule has 2 heteroatoms. The van der Waals surface area contributed by atoms with Gasteiger partial charge in [-0.2, -0.15) is 0 Å². The van der Waals surface area contributed by atoms with E-state index < -0.39 is 0 Å². The molecule has 0 aromatic rings. The van der Waals surface area contributed by atoms with Crippen LogP contribution in [0, 0.1) is 5.92 Å². The van der Waals surface area contributed by atoms with Gasteiger partial charge in [0.1, 0.15) is 6.61 Å². The quantitative estimate of drug-likeness (QED) is 0.679. The molecule has 2 nitrogen and oxygen atoms in total. The summed E-state index contributed by atoms with van der Waals surface area (Å²) in [7, 11) is 0. The van der Waals surface area contributed by atoms with Gasteiger partial charge in [-0.05, 0) is 26.2 Å². The van der Waals surface area contributed by atoms with Gasteiger partial charge in [0, 0.05) is 5.92 Å². The third-order valence-electron chi connectivity index (χ3n) is 3.15. The molecule has 0 saturated heterocycles. The molecule has 0 radical (unpaired) electrons. The smallest absolute Gasteiger partial charge is 0.161 e. The summed E-state index contributed by atoms with van der Waals surface area (Å²) in [6.07, 6.45) is 7.13. The number of Topliss-reactive ketones (excluding diaryl/α,β-unsaturated/α-hetero) is 1. The molecule has 0 aliphatic heterocycles. The molecule has 1 aliphatic carbocycles. The van der Waals surface area contributed by atoms with Crippen molar-refractivity contribution < 1.29 is 9.53 Å². The summed E-state index contributed by atoms with van der Waals surface area (Å²) >= 11 is 0. The van der Waals surface area contributed by atoms with Gasteiger partial charge in [0.2, 0.25) is 0 Å². The molecule has 0 aromatic carbocycles. The van der Waals surface area contributed by atoms with Crippen LogP contribution < -0.4 is 0 Å². The Bertz CT molecular complexity index is 171. The zero-order valence-electron chi connectivity index (χ0n) is 9.42. The fourth-order valence-electron chi connectivity index (χ4n) is 1.88. The lowest BCUT2D eigenvalue weighted by molar-refractivity contribution is -0.130. The van der Waals surface area contributed by atoms with Gasteiger partial charge in [-0.15, -0.1) is 0 Å². The van der Waals surface area contributed by atoms with Crippen LogP contribution in [0.25, 0.3) is 0 Å². The molecule has 1 unspecified atom stereocenters. The second-order valence-corrected chi connectivity index (χ2v) is 4.33. The van der Waals surface area contributed by atoms with E-state index in [-0.39, 0.29) is 6.10 Å². The third kappa shape index (κ3) is 3.79. The molecule has 0 spiro atoms. The largest absolute Gasteiger partial charge is 0.371 e. The average molecular weight is 198 g/mol. The first-order chi connectivity index (χ1) is 6.74. The third-order valence-corrected chi connectivity index (χ3v) is 3.15. The van der Waals surface area contributed by atoms with E-state index in [2.05, 4.69) is 6.92 Å². The highest BCUT2D eigenvalue weighted by Gasteiger charge is 2.21. The maximum absolute atomic E-state index is 11.7. The minimum atomic E-state index is 0.225. The molecule has 0 heterocycles. The van der Waals surface area contributed by atoms with E-state index in [4.69, 9.17) is 4.74 Å². The monoisotopic (exact) mass is 198 g/mol. The number of rotatable bonds is 5. The van der Waals surface area contributed by atoms with Gasteiger partial charge >= 0.3 is 0 Å². The molecule has 1 fully saturated rings. The Labute approximate surface area is 87.0 Å². The van der Waals surface area contributed by atoms with Gasteiger partial charge in [-0.1, -0.05) is 26.2 Å². The fraction of sp³-hybridized carbons (Fsp3) is 0.917. The van der Waals surface area contributed by atoms with Crippen LogP contribution in [0.5, 0.6) is 0 Å². The van der Waals surface area contributed by atoms with E-state index in [1.165, 1.54) is 19.3 Å². The maximum Gasteiger partial charge on any atom is 0.161 e. The molecule has 0 amide bonds. The highest BCUT2D eigenvalue weighted by molar-refractivity contribution is 5.82. The van der Waals surface area contributed by atoms with Crippen LogP contribution in [0.15, 0.2) is 0 Å². The summed E-state index contributed by atoms with van der Waals surface area (Å²) < 4.78 is 5.46. The molecule has 82 valence electrons. The van der Waals surface area contributed by atoms with Crippen LogP contribution in [0.4, 0.5) is 0 Å². The Morgan fingerprint density at radius 1 is 1.36 bits per heavy atom. The number of ketones is 1. The van der Waals surface area contributed by atoms with Gasteiger partial charge in [-0.25, -0.2) is 0 Å². The van der Waals surface area contributed by atoms with Gasteiger partial charge < -0.3 is 4.74 Å². The average Bonchev–Trinajstić information content (AvgIpc) is 2.26. The second-order valence-electron chi connectivity index (χ2n) is 4.33. The normalized spacial score (nSPS) is 20.7. The van der Waals surface area contributed by atoms with E-state index in [9.17, 15) is 4.79 Å². The summed E-state index contributed by atoms with van der Waals surface area (Å²) in [4.78, 5) is 11.7. The van der Waals surface area contributed by atoms with E-state index in [0.717, 1.165) is 19.3 Å². The lowest BCUT2D eigenvalue weighted by Crippen LogP contribution is -2.24. The standard InChI is InChI=1S/C12H22O2/c1-3-10(2)14-9-12(13)11-7-5-4-6-8-11/h10-11H,3-9H2,1-2H3. The van der Waals surface area contributed by atoms with Crippen molar-refractivity contribution in [2.75, 3.05) is 6.61 Å². The highest BCUT2D eigenvalue weighted by Crippen LogP contribution is 2.24. The van der Waals surface area contributed by atoms with Crippen LogP contribution in [-0.2, 0) is 9.53 Å². The SMILES string of the molecule is CCC(C)OCC(=O)C1CCCCC1. The minimum absolute atomic E-state index is 0.225. The Balaban J connectivity index is 2.19. The van der Waals surface area contributed by atoms with Crippen LogP contribution >= 0.6 is 0 Å². The first-order valence-corrected chi connectivity index (χ1v) is 5.88. The van der Waals surface area contributed by atoms with Crippen molar-refractivity contribution in [3.8, 4) is 0 Å². The molecule has 0 bridgehead atoms. The van der Waals surface area contributed by atoms with E-state index in [0.29, 0.717) is 18.3 Å². The van der Waals surface area contributed by atoms with Crippen molar-refractivity contribution in [3.05, 3.63) is 0 Å². The number of ether oxygens (including phenoxy) is 1. The number of carbonyl (C=O) groups is 1. The maximum atomic E-state index is 11.7. The van der Waals surface area contributed by atoms with Crippen molar-refractivity contribution in [2.24, 2.45) is 5.92 Å². The van der Waals surface area contributed by atoms with Gasteiger partial charge in [0.15, 0.2) is 5.78 Å². The van der Waals surface area contributed by atoms with Crippen molar-refractivity contribution >= 4 is 5.78 Å². The van der Waals surface area contributed by atoms with Crippen molar-refractivity contribution in [3.63, 3.8) is 0 Å². The minimum Gasteiger partial charge on any atom is -0.371 e. The second kappa shape index (κ2) is 6.18. The first-order valence-electron chi connectivity index (χ1n) is 5.88. The molecular formula is C12H22O2. The number of hydrogen-bond donors (Lipinski definition) is 0. The summed E-state index contributed by atoms with van der Waals surface area (Å²) in [5, 5.41) is 0. The van der Waals surface area contributed by atoms with Crippen LogP contribution in [0.1, 0.15) is 52.4 Å². The highest BCUT2D eigenvalue weighted by atomic mass is 16.5. The molecule has 1 saturated carbocycles. The lowest BCUT2D eigenvalue weighted by atomic mass is 9.86. The Hall–Kier alpha value is -0.370. The lowest BCUT2D eigenvalue weighted by Gasteiger charge is -2.20. The van der Waals surface area contributed by atoms with Gasteiger partial charge in [-0.3, -0.25) is 4.79 Å².